The SMILES string of the molecule is Cc1c(Cl)cccc1N=C1NN=C(c2ccc3c(c2)NC(=O)CO3)CS1. The summed E-state index contributed by atoms with van der Waals surface area (Å²) in [5.74, 6) is 1.18. The third-order valence-electron chi connectivity index (χ3n) is 4.04. The predicted octanol–water partition coefficient (Wildman–Crippen LogP) is 3.71. The number of anilines is 1. The van der Waals surface area contributed by atoms with Crippen LogP contribution in [0.25, 0.3) is 0 Å². The van der Waals surface area contributed by atoms with Crippen molar-refractivity contribution in [3.63, 3.8) is 0 Å². The Balaban J connectivity index is 1.55. The molecule has 0 unspecified atom stereocenters. The van der Waals surface area contributed by atoms with Crippen molar-refractivity contribution in [1.29, 1.82) is 0 Å². The number of halogens is 1. The van der Waals surface area contributed by atoms with Crippen molar-refractivity contribution in [3.05, 3.63) is 52.5 Å². The molecule has 4 rings (SSSR count). The van der Waals surface area contributed by atoms with Crippen molar-refractivity contribution in [3.8, 4) is 5.75 Å². The first-order chi connectivity index (χ1) is 12.6. The third kappa shape index (κ3) is 3.40. The van der Waals surface area contributed by atoms with Crippen LogP contribution in [0.5, 0.6) is 5.75 Å². The zero-order valence-corrected chi connectivity index (χ0v) is 15.4. The lowest BCUT2D eigenvalue weighted by molar-refractivity contribution is -0.118. The van der Waals surface area contributed by atoms with Gasteiger partial charge in [-0.15, -0.1) is 0 Å². The van der Waals surface area contributed by atoms with Gasteiger partial charge in [0, 0.05) is 16.3 Å². The standard InChI is InChI=1S/C18H15ClN4O2S/c1-10-12(19)3-2-4-13(10)21-18-23-22-15(9-26-18)11-5-6-16-14(7-11)20-17(24)8-25-16/h2-7H,8-9H2,1H3,(H,20,24)(H,21,23). The van der Waals surface area contributed by atoms with E-state index in [1.54, 1.807) is 11.8 Å². The van der Waals surface area contributed by atoms with E-state index in [0.717, 1.165) is 22.5 Å². The second-order valence-corrected chi connectivity index (χ2v) is 7.18. The van der Waals surface area contributed by atoms with Crippen LogP contribution in [0.15, 0.2) is 46.5 Å². The molecule has 0 fully saturated rings. The number of nitrogens with zero attached hydrogens (tertiary/aromatic N) is 2. The number of hydrogen-bond donors (Lipinski definition) is 2. The van der Waals surface area contributed by atoms with Gasteiger partial charge >= 0.3 is 0 Å². The maximum absolute atomic E-state index is 11.5. The highest BCUT2D eigenvalue weighted by molar-refractivity contribution is 8.14. The minimum atomic E-state index is -0.154. The quantitative estimate of drug-likeness (QED) is 0.825. The molecule has 0 aromatic heterocycles. The molecule has 2 aromatic carbocycles. The molecule has 0 saturated carbocycles. The van der Waals surface area contributed by atoms with Crippen LogP contribution >= 0.6 is 23.4 Å². The van der Waals surface area contributed by atoms with Gasteiger partial charge in [-0.05, 0) is 42.8 Å². The summed E-state index contributed by atoms with van der Waals surface area (Å²) >= 11 is 7.70. The fraction of sp³-hybridized carbons (Fsp3) is 0.167. The van der Waals surface area contributed by atoms with Crippen LogP contribution in [0.1, 0.15) is 11.1 Å². The van der Waals surface area contributed by atoms with Gasteiger partial charge in [-0.1, -0.05) is 29.4 Å². The predicted molar refractivity (Wildman–Crippen MR) is 106 cm³/mol. The molecule has 0 radical (unpaired) electrons. The van der Waals surface area contributed by atoms with E-state index in [0.29, 0.717) is 27.4 Å². The summed E-state index contributed by atoms with van der Waals surface area (Å²) in [6.45, 7) is 1.99. The Hall–Kier alpha value is -2.51. The van der Waals surface area contributed by atoms with Crippen LogP contribution in [0.2, 0.25) is 5.02 Å². The maximum atomic E-state index is 11.5. The largest absolute Gasteiger partial charge is 0.482 e. The van der Waals surface area contributed by atoms with Crippen LogP contribution in [0, 0.1) is 6.92 Å². The van der Waals surface area contributed by atoms with Crippen LogP contribution < -0.4 is 15.5 Å². The third-order valence-corrected chi connectivity index (χ3v) is 5.32. The summed E-state index contributed by atoms with van der Waals surface area (Å²) < 4.78 is 5.38. The second-order valence-electron chi connectivity index (χ2n) is 5.81. The molecular formula is C18H15ClN4O2S. The van der Waals surface area contributed by atoms with Gasteiger partial charge in [0.15, 0.2) is 11.8 Å². The van der Waals surface area contributed by atoms with Gasteiger partial charge in [0.2, 0.25) is 0 Å². The Morgan fingerprint density at radius 2 is 2.19 bits per heavy atom. The lowest BCUT2D eigenvalue weighted by atomic mass is 10.1. The molecular weight excluding hydrogens is 372 g/mol. The average molecular weight is 387 g/mol. The van der Waals surface area contributed by atoms with Gasteiger partial charge in [-0.25, -0.2) is 4.99 Å². The van der Waals surface area contributed by atoms with Crippen LogP contribution in [0.4, 0.5) is 11.4 Å². The number of rotatable bonds is 2. The van der Waals surface area contributed by atoms with Crippen LogP contribution in [-0.2, 0) is 4.79 Å². The zero-order valence-electron chi connectivity index (χ0n) is 13.9. The molecule has 2 N–H and O–H groups in total. The molecule has 1 amide bonds. The zero-order chi connectivity index (χ0) is 18.1. The number of hydrogen-bond acceptors (Lipinski definition) is 5. The summed E-state index contributed by atoms with van der Waals surface area (Å²) in [6, 6.07) is 11.3. The monoisotopic (exact) mass is 386 g/mol. The van der Waals surface area contributed by atoms with E-state index >= 15 is 0 Å². The number of benzene rings is 2. The van der Waals surface area contributed by atoms with E-state index in [4.69, 9.17) is 16.3 Å². The Labute approximate surface area is 159 Å². The molecule has 0 atom stereocenters. The number of ether oxygens (including phenoxy) is 1. The molecule has 132 valence electrons. The molecule has 8 heteroatoms. The number of amidine groups is 1. The van der Waals surface area contributed by atoms with Gasteiger partial charge < -0.3 is 10.1 Å². The smallest absolute Gasteiger partial charge is 0.262 e. The summed E-state index contributed by atoms with van der Waals surface area (Å²) in [6.07, 6.45) is 0. The number of aliphatic imine (C=N–C) groups is 1. The molecule has 0 bridgehead atoms. The van der Waals surface area contributed by atoms with E-state index in [1.807, 2.05) is 43.3 Å². The molecule has 2 aromatic rings. The molecule has 0 saturated heterocycles. The fourth-order valence-corrected chi connectivity index (χ4v) is 3.56. The van der Waals surface area contributed by atoms with Gasteiger partial charge in [0.1, 0.15) is 5.75 Å². The Morgan fingerprint density at radius 3 is 3.00 bits per heavy atom. The van der Waals surface area contributed by atoms with Crippen LogP contribution in [-0.4, -0.2) is 29.1 Å². The molecule has 2 aliphatic heterocycles. The number of carbonyl (C=O) groups is 1. The Kier molecular flexibility index (Phi) is 4.57. The fourth-order valence-electron chi connectivity index (χ4n) is 2.61. The topological polar surface area (TPSA) is 75.1 Å². The van der Waals surface area contributed by atoms with Gasteiger partial charge in [-0.2, -0.15) is 5.10 Å². The first-order valence-electron chi connectivity index (χ1n) is 7.96. The minimum Gasteiger partial charge on any atom is -0.482 e. The Morgan fingerprint density at radius 1 is 1.31 bits per heavy atom. The van der Waals surface area contributed by atoms with Crippen molar-refractivity contribution in [2.45, 2.75) is 6.92 Å². The van der Waals surface area contributed by atoms with E-state index in [-0.39, 0.29) is 12.5 Å². The van der Waals surface area contributed by atoms with Crippen molar-refractivity contribution >= 4 is 51.5 Å². The highest BCUT2D eigenvalue weighted by atomic mass is 35.5. The van der Waals surface area contributed by atoms with E-state index < -0.39 is 0 Å². The van der Waals surface area contributed by atoms with Crippen LogP contribution in [0.3, 0.4) is 0 Å². The first-order valence-corrected chi connectivity index (χ1v) is 9.33. The number of fused-ring (bicyclic) bond motifs is 1. The summed E-state index contributed by atoms with van der Waals surface area (Å²) in [5.41, 5.74) is 7.21. The number of carbonyl (C=O) groups excluding carboxylic acids is 1. The highest BCUT2D eigenvalue weighted by Crippen LogP contribution is 2.30. The van der Waals surface area contributed by atoms with Crippen molar-refractivity contribution in [1.82, 2.24) is 5.43 Å². The molecule has 2 heterocycles. The molecule has 26 heavy (non-hydrogen) atoms. The average Bonchev–Trinajstić information content (AvgIpc) is 2.65. The lowest BCUT2D eigenvalue weighted by Gasteiger charge is -2.20. The second kappa shape index (κ2) is 7.01. The number of thioether (sulfide) groups is 1. The van der Waals surface area contributed by atoms with Gasteiger partial charge in [0.25, 0.3) is 5.91 Å². The van der Waals surface area contributed by atoms with E-state index in [2.05, 4.69) is 20.8 Å². The number of hydrazone groups is 1. The van der Waals surface area contributed by atoms with Crippen molar-refractivity contribution < 1.29 is 9.53 Å². The number of amides is 1. The maximum Gasteiger partial charge on any atom is 0.262 e. The van der Waals surface area contributed by atoms with Gasteiger partial charge in [0.05, 0.1) is 17.1 Å². The molecule has 2 aliphatic rings. The normalized spacial score (nSPS) is 17.7. The lowest BCUT2D eigenvalue weighted by Crippen LogP contribution is -2.27. The minimum absolute atomic E-state index is 0.0491. The van der Waals surface area contributed by atoms with Crippen molar-refractivity contribution in [2.75, 3.05) is 17.7 Å². The highest BCUT2D eigenvalue weighted by Gasteiger charge is 2.19. The van der Waals surface area contributed by atoms with E-state index in [1.165, 1.54) is 0 Å². The summed E-state index contributed by atoms with van der Waals surface area (Å²) in [7, 11) is 0. The molecule has 0 spiro atoms. The van der Waals surface area contributed by atoms with Crippen molar-refractivity contribution in [2.24, 2.45) is 10.1 Å². The molecule has 6 nitrogen and oxygen atoms in total. The molecule has 0 aliphatic carbocycles. The Bertz CT molecular complexity index is 958. The summed E-state index contributed by atoms with van der Waals surface area (Å²) in [4.78, 5) is 16.1. The van der Waals surface area contributed by atoms with E-state index in [9.17, 15) is 4.79 Å². The van der Waals surface area contributed by atoms with Gasteiger partial charge in [-0.3, -0.25) is 10.2 Å². The number of nitrogens with one attached hydrogen (secondary N) is 2. The first kappa shape index (κ1) is 16.9. The summed E-state index contributed by atoms with van der Waals surface area (Å²) in [5, 5.41) is 8.64.